The first kappa shape index (κ1) is 22.4. The van der Waals surface area contributed by atoms with Gasteiger partial charge >= 0.3 is 0 Å². The van der Waals surface area contributed by atoms with Crippen LogP contribution in [0.2, 0.25) is 0 Å². The molecule has 2 fully saturated rings. The smallest absolute Gasteiger partial charge is 0.263 e. The van der Waals surface area contributed by atoms with Gasteiger partial charge in [0.15, 0.2) is 0 Å². The van der Waals surface area contributed by atoms with E-state index in [1.165, 1.54) is 31.3 Å². The first-order valence-corrected chi connectivity index (χ1v) is 14.0. The van der Waals surface area contributed by atoms with Crippen molar-refractivity contribution in [3.05, 3.63) is 53.1 Å². The van der Waals surface area contributed by atoms with Crippen LogP contribution in [0.1, 0.15) is 77.7 Å². The van der Waals surface area contributed by atoms with Gasteiger partial charge in [-0.15, -0.1) is 0 Å². The molecule has 0 aliphatic heterocycles. The van der Waals surface area contributed by atoms with Crippen molar-refractivity contribution in [2.24, 2.45) is 28.6 Å². The molecule has 4 aliphatic rings. The quantitative estimate of drug-likeness (QED) is 0.364. The van der Waals surface area contributed by atoms with Gasteiger partial charge in [-0.25, -0.2) is 0 Å². The average molecular weight is 455 g/mol. The Labute approximate surface area is 194 Å². The van der Waals surface area contributed by atoms with Gasteiger partial charge in [-0.05, 0) is 92.1 Å². The van der Waals surface area contributed by atoms with E-state index in [-0.39, 0.29) is 11.5 Å². The minimum atomic E-state index is -3.74. The van der Waals surface area contributed by atoms with E-state index in [0.29, 0.717) is 22.1 Å². The minimum Gasteiger partial charge on any atom is -0.263 e. The number of rotatable bonds is 4. The van der Waals surface area contributed by atoms with Gasteiger partial charge in [0.25, 0.3) is 10.1 Å². The highest BCUT2D eigenvalue weighted by molar-refractivity contribution is 7.86. The second kappa shape index (κ2) is 7.84. The molecular weight excluding hydrogens is 416 g/mol. The molecule has 0 radical (unpaired) electrons. The summed E-state index contributed by atoms with van der Waals surface area (Å²) in [5.74, 6) is 2.17. The summed E-state index contributed by atoms with van der Waals surface area (Å²) in [7, 11) is -3.74. The fraction of sp³-hybridized carbons (Fsp3) is 0.643. The van der Waals surface area contributed by atoms with Gasteiger partial charge in [0.2, 0.25) is 0 Å². The fourth-order valence-corrected chi connectivity index (χ4v) is 9.16. The molecule has 0 amide bonds. The van der Waals surface area contributed by atoms with Crippen LogP contribution in [0.5, 0.6) is 0 Å². The van der Waals surface area contributed by atoms with Crippen molar-refractivity contribution in [3.8, 4) is 0 Å². The van der Waals surface area contributed by atoms with Crippen molar-refractivity contribution in [1.82, 2.24) is 0 Å². The van der Waals surface area contributed by atoms with E-state index in [2.05, 4.69) is 32.9 Å². The van der Waals surface area contributed by atoms with Crippen LogP contribution < -0.4 is 0 Å². The zero-order chi connectivity index (χ0) is 22.7. The maximum Gasteiger partial charge on any atom is 0.297 e. The minimum absolute atomic E-state index is 0.182. The maximum absolute atomic E-state index is 13.0. The third-order valence-corrected chi connectivity index (χ3v) is 11.3. The summed E-state index contributed by atoms with van der Waals surface area (Å²) in [4.78, 5) is 0.302. The lowest BCUT2D eigenvalue weighted by molar-refractivity contribution is 0.0284. The van der Waals surface area contributed by atoms with Crippen molar-refractivity contribution < 1.29 is 12.6 Å². The lowest BCUT2D eigenvalue weighted by atomic mass is 9.48. The van der Waals surface area contributed by atoms with Crippen molar-refractivity contribution >= 4 is 10.1 Å². The zero-order valence-corrected chi connectivity index (χ0v) is 20.9. The Morgan fingerprint density at radius 3 is 2.53 bits per heavy atom. The van der Waals surface area contributed by atoms with E-state index in [9.17, 15) is 8.42 Å². The van der Waals surface area contributed by atoms with Crippen LogP contribution >= 0.6 is 0 Å². The number of fused-ring (bicyclic) bond motifs is 5. The Balaban J connectivity index is 1.36. The third kappa shape index (κ3) is 3.36. The molecule has 0 bridgehead atoms. The molecule has 4 heteroatoms. The summed E-state index contributed by atoms with van der Waals surface area (Å²) >= 11 is 0. The average Bonchev–Trinajstić information content (AvgIpc) is 3.10. The predicted octanol–water partition coefficient (Wildman–Crippen LogP) is 6.98. The van der Waals surface area contributed by atoms with Gasteiger partial charge in [-0.2, -0.15) is 8.42 Å². The molecule has 0 saturated heterocycles. The summed E-state index contributed by atoms with van der Waals surface area (Å²) in [5, 5.41) is 0. The van der Waals surface area contributed by atoms with Crippen LogP contribution in [0.3, 0.4) is 0 Å². The molecule has 0 spiro atoms. The molecule has 0 heterocycles. The number of hydrogen-bond donors (Lipinski definition) is 0. The van der Waals surface area contributed by atoms with Crippen LogP contribution in [0.15, 0.2) is 52.5 Å². The normalized spacial score (nSPS) is 38.9. The number of benzene rings is 1. The summed E-state index contributed by atoms with van der Waals surface area (Å²) < 4.78 is 31.7. The molecule has 1 aromatic carbocycles. The Bertz CT molecular complexity index is 1070. The molecule has 0 aromatic heterocycles. The van der Waals surface area contributed by atoms with Crippen molar-refractivity contribution in [1.29, 1.82) is 0 Å². The molecule has 2 saturated carbocycles. The molecule has 174 valence electrons. The first-order chi connectivity index (χ1) is 15.2. The van der Waals surface area contributed by atoms with Crippen LogP contribution in [0, 0.1) is 35.5 Å². The van der Waals surface area contributed by atoms with Crippen molar-refractivity contribution in [2.75, 3.05) is 0 Å². The summed E-state index contributed by atoms with van der Waals surface area (Å²) in [6, 6.07) is 7.11. The highest BCUT2D eigenvalue weighted by Crippen LogP contribution is 2.65. The number of hydrogen-bond acceptors (Lipinski definition) is 3. The summed E-state index contributed by atoms with van der Waals surface area (Å²) in [6.07, 6.45) is 13.7. The van der Waals surface area contributed by atoms with E-state index < -0.39 is 10.1 Å². The second-order valence-electron chi connectivity index (χ2n) is 11.2. The number of allylic oxidation sites excluding steroid dienone is 3. The Morgan fingerprint density at radius 2 is 1.78 bits per heavy atom. The number of aryl methyl sites for hydroxylation is 1. The monoisotopic (exact) mass is 454 g/mol. The largest absolute Gasteiger partial charge is 0.297 e. The van der Waals surface area contributed by atoms with E-state index in [4.69, 9.17) is 4.18 Å². The molecule has 5 rings (SSSR count). The molecule has 32 heavy (non-hydrogen) atoms. The van der Waals surface area contributed by atoms with Gasteiger partial charge in [-0.1, -0.05) is 68.7 Å². The maximum atomic E-state index is 13.0. The van der Waals surface area contributed by atoms with Crippen LogP contribution in [0.25, 0.3) is 0 Å². The lowest BCUT2D eigenvalue weighted by Crippen LogP contribution is -2.48. The predicted molar refractivity (Wildman–Crippen MR) is 129 cm³/mol. The standard InChI is InChI=1S/C28H38O3S/c1-5-20-11-13-24-23-12-10-21-18-22(31-32(29,30)26-9-7-6-8-19(26)2)14-16-28(21,4)25(23)15-17-27(20,24)3/h6-10,13,20,22-23,25H,5,11-12,14-18H2,1-4H3/t20-,22?,23-,25-,27+,28-/m0/s1. The molecule has 1 unspecified atom stereocenters. The van der Waals surface area contributed by atoms with Crippen molar-refractivity contribution in [2.45, 2.75) is 90.1 Å². The lowest BCUT2D eigenvalue weighted by Gasteiger charge is -2.56. The SMILES string of the molecule is CC[C@H]1CC=C2[C@@H]3CC=C4CC(OS(=O)(=O)c5ccccc5C)CC[C@]4(C)[C@H]3CC[C@@]21C. The molecule has 4 aliphatic carbocycles. The zero-order valence-electron chi connectivity index (χ0n) is 20.1. The molecule has 1 aromatic rings. The summed E-state index contributed by atoms with van der Waals surface area (Å²) in [6.45, 7) is 9.16. The Morgan fingerprint density at radius 1 is 1.03 bits per heavy atom. The van der Waals surface area contributed by atoms with Gasteiger partial charge < -0.3 is 0 Å². The Hall–Kier alpha value is -1.39. The van der Waals surface area contributed by atoms with Gasteiger partial charge in [0.1, 0.15) is 0 Å². The third-order valence-electron chi connectivity index (χ3n) is 9.76. The molecule has 6 atom stereocenters. The van der Waals surface area contributed by atoms with Gasteiger partial charge in [-0.3, -0.25) is 4.18 Å². The van der Waals surface area contributed by atoms with Gasteiger partial charge in [0, 0.05) is 0 Å². The van der Waals surface area contributed by atoms with Crippen LogP contribution in [0.4, 0.5) is 0 Å². The topological polar surface area (TPSA) is 43.4 Å². The highest BCUT2D eigenvalue weighted by Gasteiger charge is 2.55. The van der Waals surface area contributed by atoms with Crippen LogP contribution in [-0.2, 0) is 14.3 Å². The summed E-state index contributed by atoms with van der Waals surface area (Å²) in [5.41, 5.74) is 4.52. The fourth-order valence-electron chi connectivity index (χ4n) is 7.83. The highest BCUT2D eigenvalue weighted by atomic mass is 32.2. The van der Waals surface area contributed by atoms with E-state index >= 15 is 0 Å². The molecule has 0 N–H and O–H groups in total. The molecular formula is C28H38O3S. The van der Waals surface area contributed by atoms with E-state index in [0.717, 1.165) is 37.2 Å². The van der Waals surface area contributed by atoms with E-state index in [1.807, 2.05) is 19.1 Å². The Kier molecular flexibility index (Phi) is 5.49. The van der Waals surface area contributed by atoms with Crippen molar-refractivity contribution in [3.63, 3.8) is 0 Å². The van der Waals surface area contributed by atoms with Crippen LogP contribution in [-0.4, -0.2) is 14.5 Å². The molecule has 3 nitrogen and oxygen atoms in total. The van der Waals surface area contributed by atoms with E-state index in [1.54, 1.807) is 17.7 Å². The second-order valence-corrected chi connectivity index (χ2v) is 12.8. The van der Waals surface area contributed by atoms with Gasteiger partial charge in [0.05, 0.1) is 11.0 Å². The first-order valence-electron chi connectivity index (χ1n) is 12.6.